The van der Waals surface area contributed by atoms with Crippen molar-refractivity contribution in [3.8, 4) is 11.5 Å². The molecular weight excluding hydrogens is 354 g/mol. The first kappa shape index (κ1) is 20.2. The van der Waals surface area contributed by atoms with Crippen molar-refractivity contribution < 1.29 is 14.3 Å². The van der Waals surface area contributed by atoms with Gasteiger partial charge in [-0.1, -0.05) is 30.3 Å². The van der Waals surface area contributed by atoms with Gasteiger partial charge in [0.2, 0.25) is 0 Å². The lowest BCUT2D eigenvalue weighted by molar-refractivity contribution is -0.123. The number of para-hydroxylation sites is 1. The van der Waals surface area contributed by atoms with Crippen molar-refractivity contribution in [3.63, 3.8) is 0 Å². The van der Waals surface area contributed by atoms with Crippen molar-refractivity contribution in [3.05, 3.63) is 60.2 Å². The van der Waals surface area contributed by atoms with E-state index in [0.29, 0.717) is 12.3 Å². The van der Waals surface area contributed by atoms with E-state index in [1.165, 1.54) is 5.56 Å². The number of amides is 1. The number of carbonyl (C=O) groups excluding carboxylic acids is 1. The summed E-state index contributed by atoms with van der Waals surface area (Å²) in [5, 5.41) is 3.04. The van der Waals surface area contributed by atoms with Crippen LogP contribution in [0.1, 0.15) is 11.6 Å². The zero-order valence-corrected chi connectivity index (χ0v) is 16.6. The Kier molecular flexibility index (Phi) is 7.28. The maximum absolute atomic E-state index is 12.3. The van der Waals surface area contributed by atoms with E-state index in [1.54, 1.807) is 7.11 Å². The molecule has 6 heteroatoms. The van der Waals surface area contributed by atoms with Crippen molar-refractivity contribution in [2.75, 3.05) is 53.5 Å². The number of ether oxygens (including phenoxy) is 2. The number of carbonyl (C=O) groups is 1. The molecule has 0 bridgehead atoms. The van der Waals surface area contributed by atoms with Crippen LogP contribution in [0, 0.1) is 0 Å². The van der Waals surface area contributed by atoms with Crippen molar-refractivity contribution in [2.45, 2.75) is 6.04 Å². The summed E-state index contributed by atoms with van der Waals surface area (Å²) in [6.45, 7) is 4.57. The van der Waals surface area contributed by atoms with E-state index in [1.807, 2.05) is 42.5 Å². The number of nitrogens with one attached hydrogen (secondary N) is 1. The minimum absolute atomic E-state index is 0.0160. The van der Waals surface area contributed by atoms with Crippen molar-refractivity contribution in [2.24, 2.45) is 0 Å². The van der Waals surface area contributed by atoms with Gasteiger partial charge in [-0.3, -0.25) is 9.69 Å². The van der Waals surface area contributed by atoms with Crippen molar-refractivity contribution in [1.82, 2.24) is 15.1 Å². The first-order chi connectivity index (χ1) is 13.7. The van der Waals surface area contributed by atoms with Crippen LogP contribution in [-0.4, -0.2) is 69.2 Å². The third-order valence-electron chi connectivity index (χ3n) is 5.08. The summed E-state index contributed by atoms with van der Waals surface area (Å²) in [4.78, 5) is 17.1. The highest BCUT2D eigenvalue weighted by Gasteiger charge is 2.24. The quantitative estimate of drug-likeness (QED) is 0.757. The molecule has 1 aliphatic rings. The molecule has 1 N–H and O–H groups in total. The van der Waals surface area contributed by atoms with E-state index in [0.717, 1.165) is 31.9 Å². The van der Waals surface area contributed by atoms with Crippen LogP contribution in [0.3, 0.4) is 0 Å². The number of piperazine rings is 1. The molecule has 28 heavy (non-hydrogen) atoms. The molecule has 2 aromatic carbocycles. The molecule has 6 nitrogen and oxygen atoms in total. The molecule has 1 heterocycles. The molecule has 0 radical (unpaired) electrons. The molecule has 0 spiro atoms. The number of rotatable bonds is 8. The number of likely N-dealkylation sites (N-methyl/N-ethyl adjacent to an activating group) is 1. The van der Waals surface area contributed by atoms with E-state index in [9.17, 15) is 4.79 Å². The predicted molar refractivity (Wildman–Crippen MR) is 110 cm³/mol. The molecule has 0 aliphatic carbocycles. The lowest BCUT2D eigenvalue weighted by Gasteiger charge is -2.38. The predicted octanol–water partition coefficient (Wildman–Crippen LogP) is 2.18. The Bertz CT molecular complexity index is 728. The van der Waals surface area contributed by atoms with Gasteiger partial charge >= 0.3 is 0 Å². The number of hydrogen-bond donors (Lipinski definition) is 1. The zero-order chi connectivity index (χ0) is 19.8. The largest absolute Gasteiger partial charge is 0.497 e. The fourth-order valence-corrected chi connectivity index (χ4v) is 3.34. The number of benzene rings is 2. The second kappa shape index (κ2) is 10.1. The van der Waals surface area contributed by atoms with Gasteiger partial charge in [-0.15, -0.1) is 0 Å². The third kappa shape index (κ3) is 5.71. The second-order valence-corrected chi connectivity index (χ2v) is 7.03. The molecule has 0 aromatic heterocycles. The van der Waals surface area contributed by atoms with E-state index in [2.05, 4.69) is 34.3 Å². The molecular formula is C22H29N3O3. The summed E-state index contributed by atoms with van der Waals surface area (Å²) < 4.78 is 10.8. The highest BCUT2D eigenvalue weighted by Crippen LogP contribution is 2.24. The van der Waals surface area contributed by atoms with E-state index >= 15 is 0 Å². The topological polar surface area (TPSA) is 54.0 Å². The second-order valence-electron chi connectivity index (χ2n) is 7.03. The molecule has 0 saturated carbocycles. The Morgan fingerprint density at radius 2 is 1.68 bits per heavy atom. The molecule has 3 rings (SSSR count). The van der Waals surface area contributed by atoms with Crippen LogP contribution in [-0.2, 0) is 4.79 Å². The average molecular weight is 383 g/mol. The normalized spacial score (nSPS) is 16.4. The Morgan fingerprint density at radius 1 is 1.00 bits per heavy atom. The van der Waals surface area contributed by atoms with Gasteiger partial charge in [0.25, 0.3) is 5.91 Å². The minimum atomic E-state index is -0.114. The summed E-state index contributed by atoms with van der Waals surface area (Å²) in [5.74, 6) is 1.42. The average Bonchev–Trinajstić information content (AvgIpc) is 2.75. The van der Waals surface area contributed by atoms with Crippen LogP contribution in [0.25, 0.3) is 0 Å². The lowest BCUT2D eigenvalue weighted by Crippen LogP contribution is -2.48. The number of nitrogens with zero attached hydrogens (tertiary/aromatic N) is 2. The van der Waals surface area contributed by atoms with Gasteiger partial charge in [-0.2, -0.15) is 0 Å². The molecule has 1 aliphatic heterocycles. The molecule has 1 amide bonds. The maximum Gasteiger partial charge on any atom is 0.258 e. The fraction of sp³-hybridized carbons (Fsp3) is 0.409. The van der Waals surface area contributed by atoms with E-state index in [4.69, 9.17) is 9.47 Å². The summed E-state index contributed by atoms with van der Waals surface area (Å²) in [5.41, 5.74) is 1.18. The van der Waals surface area contributed by atoms with Crippen LogP contribution in [0.5, 0.6) is 11.5 Å². The van der Waals surface area contributed by atoms with Crippen LogP contribution in [0.2, 0.25) is 0 Å². The zero-order valence-electron chi connectivity index (χ0n) is 16.6. The van der Waals surface area contributed by atoms with Gasteiger partial charge in [0.15, 0.2) is 6.61 Å². The highest BCUT2D eigenvalue weighted by molar-refractivity contribution is 5.77. The standard InChI is InChI=1S/C22H29N3O3/c1-24-12-14-25(15-13-24)21(18-8-10-19(27-2)11-9-18)16-23-22(26)17-28-20-6-4-3-5-7-20/h3-11,21H,12-17H2,1-2H3,(H,23,26)/t21-/m1/s1. The molecule has 150 valence electrons. The van der Waals surface area contributed by atoms with Gasteiger partial charge in [0.05, 0.1) is 13.2 Å². The molecule has 1 fully saturated rings. The van der Waals surface area contributed by atoms with Crippen LogP contribution in [0.15, 0.2) is 54.6 Å². The Morgan fingerprint density at radius 3 is 2.32 bits per heavy atom. The summed E-state index contributed by atoms with van der Waals surface area (Å²) in [6.07, 6.45) is 0. The lowest BCUT2D eigenvalue weighted by atomic mass is 10.0. The van der Waals surface area contributed by atoms with E-state index < -0.39 is 0 Å². The van der Waals surface area contributed by atoms with Crippen molar-refractivity contribution in [1.29, 1.82) is 0 Å². The van der Waals surface area contributed by atoms with Gasteiger partial charge in [-0.25, -0.2) is 0 Å². The summed E-state index contributed by atoms with van der Waals surface area (Å²) in [7, 11) is 3.81. The van der Waals surface area contributed by atoms with Gasteiger partial charge in [-0.05, 0) is 36.9 Å². The van der Waals surface area contributed by atoms with Crippen molar-refractivity contribution >= 4 is 5.91 Å². The fourth-order valence-electron chi connectivity index (χ4n) is 3.34. The van der Waals surface area contributed by atoms with Crippen LogP contribution >= 0.6 is 0 Å². The van der Waals surface area contributed by atoms with Gasteiger partial charge < -0.3 is 19.7 Å². The smallest absolute Gasteiger partial charge is 0.258 e. The molecule has 2 aromatic rings. The maximum atomic E-state index is 12.3. The summed E-state index contributed by atoms with van der Waals surface area (Å²) in [6, 6.07) is 17.6. The Balaban J connectivity index is 1.60. The minimum Gasteiger partial charge on any atom is -0.497 e. The van der Waals surface area contributed by atoms with E-state index in [-0.39, 0.29) is 18.6 Å². The number of methoxy groups -OCH3 is 1. The molecule has 0 unspecified atom stereocenters. The number of hydrogen-bond acceptors (Lipinski definition) is 5. The first-order valence-corrected chi connectivity index (χ1v) is 9.67. The SMILES string of the molecule is COc1ccc([C@@H](CNC(=O)COc2ccccc2)N2CCN(C)CC2)cc1. The first-order valence-electron chi connectivity index (χ1n) is 9.67. The third-order valence-corrected chi connectivity index (χ3v) is 5.08. The Labute approximate surface area is 167 Å². The van der Waals surface area contributed by atoms with Gasteiger partial charge in [0, 0.05) is 32.7 Å². The highest BCUT2D eigenvalue weighted by atomic mass is 16.5. The Hall–Kier alpha value is -2.57. The van der Waals surface area contributed by atoms with Crippen LogP contribution < -0.4 is 14.8 Å². The monoisotopic (exact) mass is 383 g/mol. The summed E-state index contributed by atoms with van der Waals surface area (Å²) >= 11 is 0. The molecule has 1 saturated heterocycles. The van der Waals surface area contributed by atoms with Crippen LogP contribution in [0.4, 0.5) is 0 Å². The molecule has 1 atom stereocenters. The van der Waals surface area contributed by atoms with Gasteiger partial charge in [0.1, 0.15) is 11.5 Å².